The van der Waals surface area contributed by atoms with Crippen molar-refractivity contribution in [1.29, 1.82) is 0 Å². The number of fused-ring (bicyclic) bond motifs is 1. The maximum absolute atomic E-state index is 11.7. The summed E-state index contributed by atoms with van der Waals surface area (Å²) in [5.74, 6) is 1.61. The van der Waals surface area contributed by atoms with Gasteiger partial charge in [-0.15, -0.1) is 0 Å². The zero-order valence-electron chi connectivity index (χ0n) is 13.6. The fourth-order valence-electron chi connectivity index (χ4n) is 2.40. The van der Waals surface area contributed by atoms with Gasteiger partial charge in [-0.3, -0.25) is 4.79 Å². The zero-order valence-corrected chi connectivity index (χ0v) is 13.6. The summed E-state index contributed by atoms with van der Waals surface area (Å²) >= 11 is 0. The molecule has 2 aromatic rings. The third-order valence-corrected chi connectivity index (χ3v) is 3.38. The molecular formula is C17H20N2O4. The summed E-state index contributed by atoms with van der Waals surface area (Å²) in [6.45, 7) is 6.24. The van der Waals surface area contributed by atoms with Gasteiger partial charge >= 0.3 is 5.97 Å². The van der Waals surface area contributed by atoms with Gasteiger partial charge in [0.25, 0.3) is 0 Å². The van der Waals surface area contributed by atoms with Crippen LogP contribution in [0.25, 0.3) is 11.4 Å². The topological polar surface area (TPSA) is 74.5 Å². The lowest BCUT2D eigenvalue weighted by Gasteiger charge is -2.19. The Balaban J connectivity index is 1.63. The van der Waals surface area contributed by atoms with E-state index in [2.05, 4.69) is 10.1 Å². The molecule has 6 nitrogen and oxygen atoms in total. The van der Waals surface area contributed by atoms with Crippen molar-refractivity contribution in [1.82, 2.24) is 10.1 Å². The summed E-state index contributed by atoms with van der Waals surface area (Å²) in [6.07, 6.45) is 1.49. The molecule has 0 N–H and O–H groups in total. The highest BCUT2D eigenvalue weighted by molar-refractivity contribution is 5.70. The van der Waals surface area contributed by atoms with E-state index < -0.39 is 5.60 Å². The first-order chi connectivity index (χ1) is 10.9. The number of carbonyl (C=O) groups excluding carboxylic acids is 1. The van der Waals surface area contributed by atoms with E-state index in [4.69, 9.17) is 14.0 Å². The van der Waals surface area contributed by atoms with Crippen molar-refractivity contribution in [3.8, 4) is 17.1 Å². The van der Waals surface area contributed by atoms with Gasteiger partial charge in [-0.05, 0) is 44.5 Å². The molecule has 122 valence electrons. The Kier molecular flexibility index (Phi) is 4.07. The molecule has 0 atom stereocenters. The van der Waals surface area contributed by atoms with E-state index in [0.717, 1.165) is 23.3 Å². The number of hydrogen-bond acceptors (Lipinski definition) is 6. The molecule has 3 rings (SSSR count). The molecule has 1 aliphatic heterocycles. The van der Waals surface area contributed by atoms with Gasteiger partial charge in [-0.2, -0.15) is 4.98 Å². The minimum Gasteiger partial charge on any atom is -0.493 e. The molecule has 0 fully saturated rings. The van der Waals surface area contributed by atoms with E-state index in [1.54, 1.807) is 0 Å². The molecule has 0 saturated carbocycles. The molecule has 0 radical (unpaired) electrons. The van der Waals surface area contributed by atoms with E-state index in [-0.39, 0.29) is 12.4 Å². The molecule has 0 aliphatic carbocycles. The first-order valence-corrected chi connectivity index (χ1v) is 7.71. The Hall–Kier alpha value is -2.37. The summed E-state index contributed by atoms with van der Waals surface area (Å²) in [5, 5.41) is 3.99. The lowest BCUT2D eigenvalue weighted by Crippen LogP contribution is -2.24. The van der Waals surface area contributed by atoms with Gasteiger partial charge in [0.1, 0.15) is 11.4 Å². The average Bonchev–Trinajstić information content (AvgIpc) is 3.11. The van der Waals surface area contributed by atoms with Crippen molar-refractivity contribution < 1.29 is 18.8 Å². The van der Waals surface area contributed by atoms with E-state index in [1.807, 2.05) is 39.0 Å². The Morgan fingerprint density at radius 2 is 2.17 bits per heavy atom. The fourth-order valence-corrected chi connectivity index (χ4v) is 2.40. The van der Waals surface area contributed by atoms with Crippen molar-refractivity contribution in [2.45, 2.75) is 45.6 Å². The molecule has 23 heavy (non-hydrogen) atoms. The highest BCUT2D eigenvalue weighted by atomic mass is 16.6. The lowest BCUT2D eigenvalue weighted by atomic mass is 10.1. The van der Waals surface area contributed by atoms with Crippen LogP contribution in [0.3, 0.4) is 0 Å². The van der Waals surface area contributed by atoms with Crippen LogP contribution in [0.4, 0.5) is 0 Å². The second-order valence-electron chi connectivity index (χ2n) is 6.52. The average molecular weight is 316 g/mol. The van der Waals surface area contributed by atoms with Crippen molar-refractivity contribution in [2.75, 3.05) is 6.61 Å². The van der Waals surface area contributed by atoms with Gasteiger partial charge in [0, 0.05) is 18.4 Å². The summed E-state index contributed by atoms with van der Waals surface area (Å²) in [5.41, 5.74) is 1.56. The first kappa shape index (κ1) is 15.5. The largest absolute Gasteiger partial charge is 0.493 e. The highest BCUT2D eigenvalue weighted by Gasteiger charge is 2.18. The van der Waals surface area contributed by atoms with E-state index in [0.29, 0.717) is 24.7 Å². The summed E-state index contributed by atoms with van der Waals surface area (Å²) < 4.78 is 16.0. The van der Waals surface area contributed by atoms with Crippen molar-refractivity contribution >= 4 is 5.97 Å². The van der Waals surface area contributed by atoms with Crippen LogP contribution in [0, 0.1) is 0 Å². The molecule has 0 unspecified atom stereocenters. The molecule has 0 amide bonds. The smallest absolute Gasteiger partial charge is 0.306 e. The predicted octanol–water partition coefficient (Wildman–Crippen LogP) is 2.95. The van der Waals surface area contributed by atoms with Crippen molar-refractivity contribution in [2.24, 2.45) is 0 Å². The zero-order chi connectivity index (χ0) is 16.4. The number of esters is 1. The van der Waals surface area contributed by atoms with Crippen molar-refractivity contribution in [3.05, 3.63) is 29.7 Å². The van der Waals surface area contributed by atoms with Gasteiger partial charge in [0.05, 0.1) is 13.0 Å². The van der Waals surface area contributed by atoms with E-state index >= 15 is 0 Å². The number of nitrogens with zero attached hydrogens (tertiary/aromatic N) is 2. The predicted molar refractivity (Wildman–Crippen MR) is 83.1 cm³/mol. The van der Waals surface area contributed by atoms with Crippen LogP contribution in [0.2, 0.25) is 0 Å². The third kappa shape index (κ3) is 3.88. The van der Waals surface area contributed by atoms with Gasteiger partial charge in [-0.1, -0.05) is 5.16 Å². The number of benzene rings is 1. The minimum absolute atomic E-state index is 0.219. The molecule has 1 aromatic carbocycles. The maximum Gasteiger partial charge on any atom is 0.306 e. The summed E-state index contributed by atoms with van der Waals surface area (Å²) in [7, 11) is 0. The maximum atomic E-state index is 11.7. The van der Waals surface area contributed by atoms with Gasteiger partial charge < -0.3 is 14.0 Å². The number of rotatable bonds is 4. The van der Waals surface area contributed by atoms with Crippen LogP contribution in [0.15, 0.2) is 22.7 Å². The number of hydrogen-bond donors (Lipinski definition) is 0. The second kappa shape index (κ2) is 6.02. The third-order valence-electron chi connectivity index (χ3n) is 3.38. The summed E-state index contributed by atoms with van der Waals surface area (Å²) in [6, 6.07) is 5.85. The minimum atomic E-state index is -0.483. The van der Waals surface area contributed by atoms with E-state index in [9.17, 15) is 4.79 Å². The Morgan fingerprint density at radius 1 is 1.35 bits per heavy atom. The normalized spacial score (nSPS) is 13.5. The molecule has 1 aliphatic rings. The Bertz CT molecular complexity index is 716. The number of carbonyl (C=O) groups is 1. The van der Waals surface area contributed by atoms with Crippen LogP contribution < -0.4 is 4.74 Å². The fraction of sp³-hybridized carbons (Fsp3) is 0.471. The SMILES string of the molecule is CC(C)(C)OC(=O)CCc1nc(-c2ccc3c(c2)CCO3)no1. The molecule has 1 aromatic heterocycles. The summed E-state index contributed by atoms with van der Waals surface area (Å²) in [4.78, 5) is 16.1. The first-order valence-electron chi connectivity index (χ1n) is 7.71. The van der Waals surface area contributed by atoms with Gasteiger partial charge in [-0.25, -0.2) is 0 Å². The van der Waals surface area contributed by atoms with Gasteiger partial charge in [0.15, 0.2) is 0 Å². The van der Waals surface area contributed by atoms with Crippen LogP contribution >= 0.6 is 0 Å². The highest BCUT2D eigenvalue weighted by Crippen LogP contribution is 2.29. The molecule has 2 heterocycles. The molecular weight excluding hydrogens is 296 g/mol. The monoisotopic (exact) mass is 316 g/mol. The molecule has 6 heteroatoms. The number of aryl methyl sites for hydroxylation is 1. The standard InChI is InChI=1S/C17H20N2O4/c1-17(2,3)22-15(20)7-6-14-18-16(19-23-14)12-4-5-13-11(10-12)8-9-21-13/h4-5,10H,6-9H2,1-3H3. The molecule has 0 saturated heterocycles. The van der Waals surface area contributed by atoms with E-state index in [1.165, 1.54) is 0 Å². The van der Waals surface area contributed by atoms with Gasteiger partial charge in [0.2, 0.25) is 11.7 Å². The second-order valence-corrected chi connectivity index (χ2v) is 6.52. The Labute approximate surface area is 134 Å². The van der Waals surface area contributed by atoms with Crippen LogP contribution in [0.1, 0.15) is 38.6 Å². The number of ether oxygens (including phenoxy) is 2. The van der Waals surface area contributed by atoms with Crippen LogP contribution in [0.5, 0.6) is 5.75 Å². The lowest BCUT2D eigenvalue weighted by molar-refractivity contribution is -0.154. The molecule has 0 bridgehead atoms. The number of aromatic nitrogens is 2. The molecule has 0 spiro atoms. The van der Waals surface area contributed by atoms with Crippen LogP contribution in [-0.4, -0.2) is 28.3 Å². The quantitative estimate of drug-likeness (QED) is 0.807. The Morgan fingerprint density at radius 3 is 2.96 bits per heavy atom. The van der Waals surface area contributed by atoms with Crippen molar-refractivity contribution in [3.63, 3.8) is 0 Å². The van der Waals surface area contributed by atoms with Crippen LogP contribution in [-0.2, 0) is 22.4 Å².